The maximum Gasteiger partial charge on any atom is 0.341 e. The van der Waals surface area contributed by atoms with Crippen molar-refractivity contribution in [3.63, 3.8) is 0 Å². The Kier molecular flexibility index (Phi) is 5.14. The minimum atomic E-state index is -3.94. The largest absolute Gasteiger partial charge is 0.465 e. The van der Waals surface area contributed by atoms with Crippen molar-refractivity contribution in [1.82, 2.24) is 9.62 Å². The average molecular weight is 385 g/mol. The van der Waals surface area contributed by atoms with Crippen LogP contribution in [0, 0.1) is 0 Å². The van der Waals surface area contributed by atoms with Crippen LogP contribution in [0.5, 0.6) is 0 Å². The molecule has 1 fully saturated rings. The van der Waals surface area contributed by atoms with E-state index in [1.54, 1.807) is 18.2 Å². The number of carbonyl (C=O) groups is 1. The minimum Gasteiger partial charge on any atom is -0.465 e. The molecule has 0 amide bonds. The van der Waals surface area contributed by atoms with Gasteiger partial charge in [0.25, 0.3) is 10.0 Å². The number of esters is 1. The van der Waals surface area contributed by atoms with Crippen LogP contribution in [0.25, 0.3) is 0 Å². The second kappa shape index (κ2) is 7.17. The van der Waals surface area contributed by atoms with Crippen LogP contribution in [-0.4, -0.2) is 45.4 Å². The van der Waals surface area contributed by atoms with Crippen LogP contribution in [0.1, 0.15) is 22.0 Å². The van der Waals surface area contributed by atoms with E-state index in [4.69, 9.17) is 16.0 Å². The molecule has 0 aliphatic carbocycles. The number of nitrogens with zero attached hydrogens (tertiary/aromatic N) is 1. The van der Waals surface area contributed by atoms with E-state index in [1.165, 1.54) is 17.5 Å². The van der Waals surface area contributed by atoms with E-state index in [0.29, 0.717) is 23.7 Å². The lowest BCUT2D eigenvalue weighted by molar-refractivity contribution is 0.0600. The van der Waals surface area contributed by atoms with Gasteiger partial charge < -0.3 is 14.5 Å². The van der Waals surface area contributed by atoms with Crippen molar-refractivity contribution in [1.29, 1.82) is 0 Å². The van der Waals surface area contributed by atoms with Gasteiger partial charge in [-0.3, -0.25) is 0 Å². The molecule has 0 saturated carbocycles. The van der Waals surface area contributed by atoms with Crippen LogP contribution >= 0.6 is 11.6 Å². The van der Waals surface area contributed by atoms with Crippen molar-refractivity contribution in [3.8, 4) is 0 Å². The number of hydrogen-bond donors (Lipinski definition) is 1. The summed E-state index contributed by atoms with van der Waals surface area (Å²) in [6.07, 6.45) is 1.07. The van der Waals surface area contributed by atoms with Gasteiger partial charge in [-0.05, 0) is 11.6 Å². The third-order valence-electron chi connectivity index (χ3n) is 4.02. The molecule has 2 heterocycles. The molecule has 1 aromatic heterocycles. The molecule has 1 aliphatic heterocycles. The Morgan fingerprint density at radius 3 is 2.88 bits per heavy atom. The number of sulfonamides is 1. The molecule has 0 spiro atoms. The molecule has 1 aliphatic rings. The zero-order valence-electron chi connectivity index (χ0n) is 13.4. The van der Waals surface area contributed by atoms with Crippen LogP contribution in [-0.2, 0) is 14.8 Å². The first kappa shape index (κ1) is 17.9. The van der Waals surface area contributed by atoms with Gasteiger partial charge in [-0.2, -0.15) is 4.31 Å². The first-order chi connectivity index (χ1) is 11.9. The third kappa shape index (κ3) is 3.43. The quantitative estimate of drug-likeness (QED) is 0.811. The standard InChI is InChI=1S/C16H17ClN2O5S/c1-23-16(20)11-8-15(24-10-11)25(21,22)19-7-6-18-9-14(19)12-4-2-3-5-13(12)17/h2-5,8,10,14,18H,6-7,9H2,1H3. The van der Waals surface area contributed by atoms with Gasteiger partial charge in [0, 0.05) is 30.7 Å². The number of benzene rings is 1. The topological polar surface area (TPSA) is 88.8 Å². The van der Waals surface area contributed by atoms with Crippen molar-refractivity contribution in [2.24, 2.45) is 0 Å². The summed E-state index contributed by atoms with van der Waals surface area (Å²) in [6.45, 7) is 1.19. The lowest BCUT2D eigenvalue weighted by atomic mass is 10.1. The molecule has 3 rings (SSSR count). The molecular formula is C16H17ClN2O5S. The fourth-order valence-corrected chi connectivity index (χ4v) is 4.57. The van der Waals surface area contributed by atoms with Gasteiger partial charge >= 0.3 is 5.97 Å². The number of piperazine rings is 1. The normalized spacial score (nSPS) is 18.9. The number of furan rings is 1. The maximum atomic E-state index is 13.0. The highest BCUT2D eigenvalue weighted by molar-refractivity contribution is 7.89. The van der Waals surface area contributed by atoms with Crippen LogP contribution in [0.4, 0.5) is 0 Å². The van der Waals surface area contributed by atoms with E-state index in [-0.39, 0.29) is 17.2 Å². The van der Waals surface area contributed by atoms with E-state index in [9.17, 15) is 13.2 Å². The second-order valence-corrected chi connectivity index (χ2v) is 7.73. The SMILES string of the molecule is COC(=O)c1coc(S(=O)(=O)N2CCNCC2c2ccccc2Cl)c1. The smallest absolute Gasteiger partial charge is 0.341 e. The van der Waals surface area contributed by atoms with Crippen molar-refractivity contribution < 1.29 is 22.4 Å². The number of halogens is 1. The van der Waals surface area contributed by atoms with Gasteiger partial charge in [0.05, 0.1) is 18.7 Å². The van der Waals surface area contributed by atoms with E-state index in [2.05, 4.69) is 10.1 Å². The van der Waals surface area contributed by atoms with E-state index in [0.717, 1.165) is 6.26 Å². The Hall–Kier alpha value is -1.87. The third-order valence-corrected chi connectivity index (χ3v) is 6.14. The Morgan fingerprint density at radius 1 is 1.40 bits per heavy atom. The molecule has 1 unspecified atom stereocenters. The summed E-state index contributed by atoms with van der Waals surface area (Å²) in [7, 11) is -2.72. The monoisotopic (exact) mass is 384 g/mol. The van der Waals surface area contributed by atoms with Crippen LogP contribution in [0.3, 0.4) is 0 Å². The molecule has 1 aromatic carbocycles. The Morgan fingerprint density at radius 2 is 2.16 bits per heavy atom. The summed E-state index contributed by atoms with van der Waals surface area (Å²) < 4.78 is 37.1. The molecule has 7 nitrogen and oxygen atoms in total. The number of rotatable bonds is 4. The predicted molar refractivity (Wildman–Crippen MR) is 91.0 cm³/mol. The molecule has 0 bridgehead atoms. The van der Waals surface area contributed by atoms with Gasteiger partial charge in [0.2, 0.25) is 5.09 Å². The minimum absolute atomic E-state index is 0.0468. The number of carbonyl (C=O) groups excluding carboxylic acids is 1. The summed E-state index contributed by atoms with van der Waals surface area (Å²) in [6, 6.07) is 7.81. The lowest BCUT2D eigenvalue weighted by Crippen LogP contribution is -2.48. The molecule has 1 saturated heterocycles. The molecule has 1 N–H and O–H groups in total. The van der Waals surface area contributed by atoms with Crippen molar-refractivity contribution in [3.05, 3.63) is 52.7 Å². The highest BCUT2D eigenvalue weighted by Gasteiger charge is 2.37. The fourth-order valence-electron chi connectivity index (χ4n) is 2.78. The van der Waals surface area contributed by atoms with Gasteiger partial charge in [-0.25, -0.2) is 13.2 Å². The summed E-state index contributed by atoms with van der Waals surface area (Å²) in [4.78, 5) is 11.5. The van der Waals surface area contributed by atoms with Gasteiger partial charge in [-0.15, -0.1) is 0 Å². The summed E-state index contributed by atoms with van der Waals surface area (Å²) >= 11 is 6.25. The molecule has 0 radical (unpaired) electrons. The van der Waals surface area contributed by atoms with Gasteiger partial charge in [0.15, 0.2) is 0 Å². The zero-order chi connectivity index (χ0) is 18.0. The lowest BCUT2D eigenvalue weighted by Gasteiger charge is -2.35. The first-order valence-electron chi connectivity index (χ1n) is 7.59. The highest BCUT2D eigenvalue weighted by atomic mass is 35.5. The summed E-state index contributed by atoms with van der Waals surface area (Å²) in [5.74, 6) is -0.659. The number of ether oxygens (including phenoxy) is 1. The molecule has 134 valence electrons. The van der Waals surface area contributed by atoms with Gasteiger partial charge in [0.1, 0.15) is 6.26 Å². The average Bonchev–Trinajstić information content (AvgIpc) is 3.12. The molecule has 9 heteroatoms. The second-order valence-electron chi connectivity index (χ2n) is 5.50. The predicted octanol–water partition coefficient (Wildman–Crippen LogP) is 2.05. The highest BCUT2D eigenvalue weighted by Crippen LogP contribution is 2.33. The molecule has 25 heavy (non-hydrogen) atoms. The molecule has 2 aromatic rings. The zero-order valence-corrected chi connectivity index (χ0v) is 15.0. The van der Waals surface area contributed by atoms with Crippen LogP contribution < -0.4 is 5.32 Å². The van der Waals surface area contributed by atoms with E-state index < -0.39 is 22.0 Å². The van der Waals surface area contributed by atoms with Crippen LogP contribution in [0.2, 0.25) is 5.02 Å². The van der Waals surface area contributed by atoms with E-state index in [1.807, 2.05) is 6.07 Å². The Labute approximate surface area is 150 Å². The van der Waals surface area contributed by atoms with Crippen molar-refractivity contribution in [2.75, 3.05) is 26.7 Å². The fraction of sp³-hybridized carbons (Fsp3) is 0.312. The Balaban J connectivity index is 1.98. The summed E-state index contributed by atoms with van der Waals surface area (Å²) in [5, 5.41) is 3.37. The number of hydrogen-bond acceptors (Lipinski definition) is 6. The maximum absolute atomic E-state index is 13.0. The van der Waals surface area contributed by atoms with Crippen molar-refractivity contribution in [2.45, 2.75) is 11.1 Å². The number of methoxy groups -OCH3 is 1. The van der Waals surface area contributed by atoms with Gasteiger partial charge in [-0.1, -0.05) is 29.8 Å². The first-order valence-corrected chi connectivity index (χ1v) is 9.41. The van der Waals surface area contributed by atoms with E-state index >= 15 is 0 Å². The Bertz CT molecular complexity index is 880. The summed E-state index contributed by atoms with van der Waals surface area (Å²) in [5.41, 5.74) is 0.755. The van der Waals surface area contributed by atoms with Crippen LogP contribution in [0.15, 0.2) is 46.1 Å². The number of nitrogens with one attached hydrogen (secondary N) is 1. The molecular weight excluding hydrogens is 368 g/mol. The molecule has 1 atom stereocenters. The van der Waals surface area contributed by atoms with Crippen molar-refractivity contribution >= 4 is 27.6 Å².